The van der Waals surface area contributed by atoms with Crippen LogP contribution in [0.2, 0.25) is 0 Å². The number of aryl methyl sites for hydroxylation is 1. The molecule has 0 aromatic heterocycles. The van der Waals surface area contributed by atoms with Crippen molar-refractivity contribution in [3.8, 4) is 0 Å². The Morgan fingerprint density at radius 1 is 1.11 bits per heavy atom. The van der Waals surface area contributed by atoms with Gasteiger partial charge in [-0.2, -0.15) is 18.3 Å². The standard InChI is InChI=1S/C29H34F3N3O/c1-4-5-6-7-8-9-18-33-28(36)25-16-12-19-34-35(26-17-10-13-21(2)22(26)3)27(25)23-14-11-15-24(20-23)29(30,31)32/h4-5,10-11,13-15,17,19-20H,6-9,12,16,18H2,1-3H3,(H,33,36)/b5-4-. The summed E-state index contributed by atoms with van der Waals surface area (Å²) in [5.74, 6) is -0.267. The van der Waals surface area contributed by atoms with E-state index >= 15 is 0 Å². The van der Waals surface area contributed by atoms with E-state index in [0.29, 0.717) is 36.2 Å². The molecular formula is C29H34F3N3O. The number of alkyl halides is 3. The van der Waals surface area contributed by atoms with Crippen molar-refractivity contribution < 1.29 is 18.0 Å². The molecule has 0 atom stereocenters. The predicted octanol–water partition coefficient (Wildman–Crippen LogP) is 7.57. The Kier molecular flexibility index (Phi) is 9.51. The van der Waals surface area contributed by atoms with E-state index in [4.69, 9.17) is 0 Å². The second-order valence-corrected chi connectivity index (χ2v) is 8.95. The third kappa shape index (κ3) is 6.86. The molecular weight excluding hydrogens is 463 g/mol. The Morgan fingerprint density at radius 2 is 1.89 bits per heavy atom. The maximum Gasteiger partial charge on any atom is 0.416 e. The average molecular weight is 498 g/mol. The van der Waals surface area contributed by atoms with Crippen molar-refractivity contribution in [1.29, 1.82) is 0 Å². The van der Waals surface area contributed by atoms with Gasteiger partial charge in [0.05, 0.1) is 16.9 Å². The largest absolute Gasteiger partial charge is 0.416 e. The summed E-state index contributed by atoms with van der Waals surface area (Å²) in [5, 5.41) is 9.21. The summed E-state index contributed by atoms with van der Waals surface area (Å²) >= 11 is 0. The SMILES string of the molecule is C/C=C\CCCCCNC(=O)C1=C(c2cccc(C(F)(F)F)c2)N(c2cccc(C)c2C)N=CCC1. The zero-order chi connectivity index (χ0) is 26.1. The molecule has 0 aliphatic carbocycles. The van der Waals surface area contributed by atoms with E-state index in [2.05, 4.69) is 16.5 Å². The van der Waals surface area contributed by atoms with Gasteiger partial charge in [0.2, 0.25) is 5.91 Å². The van der Waals surface area contributed by atoms with Crippen molar-refractivity contribution >= 4 is 23.5 Å². The van der Waals surface area contributed by atoms with Crippen LogP contribution in [0.4, 0.5) is 18.9 Å². The molecule has 0 unspecified atom stereocenters. The smallest absolute Gasteiger partial charge is 0.352 e. The van der Waals surface area contributed by atoms with Crippen LogP contribution < -0.4 is 10.3 Å². The molecule has 1 heterocycles. The molecule has 3 rings (SSSR count). The Labute approximate surface area is 211 Å². The molecule has 0 saturated carbocycles. The highest BCUT2D eigenvalue weighted by atomic mass is 19.4. The van der Waals surface area contributed by atoms with Gasteiger partial charge in [0, 0.05) is 23.9 Å². The van der Waals surface area contributed by atoms with Gasteiger partial charge in [-0.25, -0.2) is 5.01 Å². The van der Waals surface area contributed by atoms with Crippen molar-refractivity contribution in [2.45, 2.75) is 65.5 Å². The summed E-state index contributed by atoms with van der Waals surface area (Å²) in [6.45, 7) is 6.42. The summed E-state index contributed by atoms with van der Waals surface area (Å²) in [6.07, 6.45) is 6.15. The van der Waals surface area contributed by atoms with Crippen LogP contribution in [0.3, 0.4) is 0 Å². The lowest BCUT2D eigenvalue weighted by Gasteiger charge is -2.27. The van der Waals surface area contributed by atoms with E-state index < -0.39 is 11.7 Å². The van der Waals surface area contributed by atoms with Crippen molar-refractivity contribution in [2.75, 3.05) is 11.6 Å². The topological polar surface area (TPSA) is 44.7 Å². The number of unbranched alkanes of at least 4 members (excludes halogenated alkanes) is 3. The minimum atomic E-state index is -4.50. The van der Waals surface area contributed by atoms with Gasteiger partial charge in [-0.15, -0.1) is 0 Å². The number of nitrogens with one attached hydrogen (secondary N) is 1. The third-order valence-corrected chi connectivity index (χ3v) is 6.33. The van der Waals surface area contributed by atoms with Gasteiger partial charge in [-0.1, -0.05) is 42.8 Å². The highest BCUT2D eigenvalue weighted by Gasteiger charge is 2.32. The van der Waals surface area contributed by atoms with E-state index in [-0.39, 0.29) is 5.91 Å². The van der Waals surface area contributed by atoms with Crippen molar-refractivity contribution in [3.05, 3.63) is 82.4 Å². The molecule has 0 radical (unpaired) electrons. The molecule has 0 saturated heterocycles. The first-order valence-electron chi connectivity index (χ1n) is 12.4. The number of nitrogens with zero attached hydrogens (tertiary/aromatic N) is 2. The van der Waals surface area contributed by atoms with Gasteiger partial charge in [-0.05, 0) is 82.2 Å². The second-order valence-electron chi connectivity index (χ2n) is 8.95. The maximum atomic E-state index is 13.6. The molecule has 0 bridgehead atoms. The summed E-state index contributed by atoms with van der Waals surface area (Å²) in [6, 6.07) is 10.9. The number of hydrazone groups is 1. The van der Waals surface area contributed by atoms with Crippen molar-refractivity contribution in [2.24, 2.45) is 5.10 Å². The van der Waals surface area contributed by atoms with Crippen LogP contribution in [0.15, 0.2) is 65.3 Å². The molecule has 2 aromatic carbocycles. The number of benzene rings is 2. The summed E-state index contributed by atoms with van der Waals surface area (Å²) < 4.78 is 40.7. The first-order chi connectivity index (χ1) is 17.2. The number of hydrogen-bond donors (Lipinski definition) is 1. The third-order valence-electron chi connectivity index (χ3n) is 6.33. The van der Waals surface area contributed by atoms with Crippen LogP contribution in [0.1, 0.15) is 67.7 Å². The number of allylic oxidation sites excluding steroid dienone is 2. The quantitative estimate of drug-likeness (QED) is 0.287. The number of amides is 1. The molecule has 1 N–H and O–H groups in total. The van der Waals surface area contributed by atoms with E-state index in [1.807, 2.05) is 45.0 Å². The molecule has 4 nitrogen and oxygen atoms in total. The van der Waals surface area contributed by atoms with Gasteiger partial charge < -0.3 is 5.32 Å². The van der Waals surface area contributed by atoms with Gasteiger partial charge >= 0.3 is 6.18 Å². The Hall–Kier alpha value is -3.35. The molecule has 2 aromatic rings. The lowest BCUT2D eigenvalue weighted by molar-refractivity contribution is -0.137. The average Bonchev–Trinajstić information content (AvgIpc) is 3.08. The van der Waals surface area contributed by atoms with Crippen LogP contribution in [-0.4, -0.2) is 18.7 Å². The van der Waals surface area contributed by atoms with Gasteiger partial charge in [0.25, 0.3) is 0 Å². The van der Waals surface area contributed by atoms with Crippen LogP contribution in [0.25, 0.3) is 5.70 Å². The first kappa shape index (κ1) is 27.2. The van der Waals surface area contributed by atoms with Crippen LogP contribution in [0.5, 0.6) is 0 Å². The molecule has 7 heteroatoms. The Balaban J connectivity index is 2.02. The minimum Gasteiger partial charge on any atom is -0.352 e. The second kappa shape index (κ2) is 12.6. The predicted molar refractivity (Wildman–Crippen MR) is 141 cm³/mol. The number of carbonyl (C=O) groups excluding carboxylic acids is 1. The molecule has 1 aliphatic heterocycles. The summed E-state index contributed by atoms with van der Waals surface area (Å²) in [5.41, 5.74) is 3.07. The van der Waals surface area contributed by atoms with E-state index in [9.17, 15) is 18.0 Å². The molecule has 0 fully saturated rings. The first-order valence-corrected chi connectivity index (χ1v) is 12.4. The van der Waals surface area contributed by atoms with Gasteiger partial charge in [0.1, 0.15) is 0 Å². The van der Waals surface area contributed by atoms with Crippen LogP contribution in [-0.2, 0) is 11.0 Å². The minimum absolute atomic E-state index is 0.267. The van der Waals surface area contributed by atoms with Crippen LogP contribution >= 0.6 is 0 Å². The fourth-order valence-electron chi connectivity index (χ4n) is 4.20. The zero-order valence-corrected chi connectivity index (χ0v) is 21.2. The van der Waals surface area contributed by atoms with Crippen LogP contribution in [0, 0.1) is 13.8 Å². The molecule has 192 valence electrons. The summed E-state index contributed by atoms with van der Waals surface area (Å²) in [7, 11) is 0. The number of carbonyl (C=O) groups is 1. The van der Waals surface area contributed by atoms with Crippen molar-refractivity contribution in [1.82, 2.24) is 5.32 Å². The fraction of sp³-hybridized carbons (Fsp3) is 0.379. The summed E-state index contributed by atoms with van der Waals surface area (Å²) in [4.78, 5) is 13.4. The lowest BCUT2D eigenvalue weighted by atomic mass is 9.98. The van der Waals surface area contributed by atoms with E-state index in [1.165, 1.54) is 6.07 Å². The Morgan fingerprint density at radius 3 is 2.64 bits per heavy atom. The molecule has 1 amide bonds. The monoisotopic (exact) mass is 497 g/mol. The normalized spacial score (nSPS) is 14.4. The number of anilines is 1. The molecule has 0 spiro atoms. The van der Waals surface area contributed by atoms with Crippen molar-refractivity contribution in [3.63, 3.8) is 0 Å². The van der Waals surface area contributed by atoms with E-state index in [1.54, 1.807) is 17.3 Å². The molecule has 1 aliphatic rings. The molecule has 36 heavy (non-hydrogen) atoms. The fourth-order valence-corrected chi connectivity index (χ4v) is 4.20. The Bertz CT molecular complexity index is 1150. The number of hydrogen-bond acceptors (Lipinski definition) is 3. The highest BCUT2D eigenvalue weighted by molar-refractivity contribution is 6.04. The van der Waals surface area contributed by atoms with Gasteiger partial charge in [-0.3, -0.25) is 4.79 Å². The zero-order valence-electron chi connectivity index (χ0n) is 21.2. The van der Waals surface area contributed by atoms with E-state index in [0.717, 1.165) is 54.6 Å². The number of halogens is 3. The van der Waals surface area contributed by atoms with Gasteiger partial charge in [0.15, 0.2) is 0 Å². The lowest BCUT2D eigenvalue weighted by Crippen LogP contribution is -2.29. The highest BCUT2D eigenvalue weighted by Crippen LogP contribution is 2.37. The maximum absolute atomic E-state index is 13.6. The number of rotatable bonds is 9.